The zero-order chi connectivity index (χ0) is 11.8. The lowest BCUT2D eigenvalue weighted by Gasteiger charge is -2.22. The van der Waals surface area contributed by atoms with Gasteiger partial charge < -0.3 is 11.1 Å². The van der Waals surface area contributed by atoms with Crippen LogP contribution in [0.4, 0.5) is 0 Å². The minimum atomic E-state index is 0.0834. The molecule has 3 N–H and O–H groups in total. The first-order valence-electron chi connectivity index (χ1n) is 6.03. The number of nitrogens with one attached hydrogen (secondary N) is 1. The van der Waals surface area contributed by atoms with Crippen LogP contribution in [0.1, 0.15) is 47.0 Å². The molecule has 0 rings (SSSR count). The summed E-state index contributed by atoms with van der Waals surface area (Å²) in [4.78, 5) is 11.7. The predicted octanol–water partition coefficient (Wildman–Crippen LogP) is 1.91. The van der Waals surface area contributed by atoms with Crippen molar-refractivity contribution in [2.45, 2.75) is 53.0 Å². The van der Waals surface area contributed by atoms with E-state index in [0.717, 1.165) is 19.3 Å². The van der Waals surface area contributed by atoms with E-state index >= 15 is 0 Å². The van der Waals surface area contributed by atoms with Crippen LogP contribution in [0.3, 0.4) is 0 Å². The average Bonchev–Trinajstić information content (AvgIpc) is 2.24. The van der Waals surface area contributed by atoms with Crippen LogP contribution in [-0.2, 0) is 4.79 Å². The highest BCUT2D eigenvalue weighted by molar-refractivity contribution is 5.78. The molecule has 0 bridgehead atoms. The number of hydrogen-bond donors (Lipinski definition) is 2. The predicted molar refractivity (Wildman–Crippen MR) is 64.5 cm³/mol. The average molecular weight is 214 g/mol. The van der Waals surface area contributed by atoms with E-state index in [1.165, 1.54) is 0 Å². The number of carbonyl (C=O) groups excluding carboxylic acids is 1. The fourth-order valence-electron chi connectivity index (χ4n) is 1.42. The van der Waals surface area contributed by atoms with Gasteiger partial charge in [0.1, 0.15) is 0 Å². The number of hydrogen-bond acceptors (Lipinski definition) is 2. The van der Waals surface area contributed by atoms with Crippen LogP contribution < -0.4 is 11.1 Å². The largest absolute Gasteiger partial charge is 0.353 e. The first-order chi connectivity index (χ1) is 7.02. The van der Waals surface area contributed by atoms with Crippen LogP contribution in [0, 0.1) is 11.8 Å². The van der Waals surface area contributed by atoms with Crippen LogP contribution >= 0.6 is 0 Å². The van der Waals surface area contributed by atoms with Gasteiger partial charge in [-0.15, -0.1) is 0 Å². The van der Waals surface area contributed by atoms with E-state index in [1.807, 2.05) is 6.92 Å². The molecule has 0 saturated heterocycles. The van der Waals surface area contributed by atoms with Gasteiger partial charge in [0.25, 0.3) is 0 Å². The molecular formula is C12H26N2O. The normalized spacial score (nSPS) is 16.9. The van der Waals surface area contributed by atoms with E-state index < -0.39 is 0 Å². The zero-order valence-corrected chi connectivity index (χ0v) is 10.5. The Balaban J connectivity index is 3.90. The lowest BCUT2D eigenvalue weighted by molar-refractivity contribution is -0.125. The molecule has 0 radical (unpaired) electrons. The second-order valence-corrected chi connectivity index (χ2v) is 4.51. The van der Waals surface area contributed by atoms with Gasteiger partial charge in [-0.25, -0.2) is 0 Å². The summed E-state index contributed by atoms with van der Waals surface area (Å²) in [6.07, 6.45) is 2.90. The van der Waals surface area contributed by atoms with Crippen LogP contribution in [0.15, 0.2) is 0 Å². The molecule has 3 unspecified atom stereocenters. The van der Waals surface area contributed by atoms with Gasteiger partial charge >= 0.3 is 0 Å². The highest BCUT2D eigenvalue weighted by Crippen LogP contribution is 2.09. The smallest absolute Gasteiger partial charge is 0.223 e. The third-order valence-electron chi connectivity index (χ3n) is 3.16. The number of nitrogens with two attached hydrogens (primary N) is 1. The molecule has 3 nitrogen and oxygen atoms in total. The third-order valence-corrected chi connectivity index (χ3v) is 3.16. The van der Waals surface area contributed by atoms with Crippen molar-refractivity contribution in [2.75, 3.05) is 6.54 Å². The molecule has 3 heteroatoms. The maximum absolute atomic E-state index is 11.7. The Morgan fingerprint density at radius 1 is 1.33 bits per heavy atom. The number of amides is 1. The van der Waals surface area contributed by atoms with E-state index in [4.69, 9.17) is 5.73 Å². The highest BCUT2D eigenvalue weighted by atomic mass is 16.1. The van der Waals surface area contributed by atoms with E-state index in [1.54, 1.807) is 0 Å². The summed E-state index contributed by atoms with van der Waals surface area (Å²) < 4.78 is 0. The molecule has 0 aromatic carbocycles. The highest BCUT2D eigenvalue weighted by Gasteiger charge is 2.17. The standard InChI is InChI=1S/C12H26N2O/c1-5-9(2)11(4)14-12(15)10(3)7-6-8-13/h9-11H,5-8,13H2,1-4H3,(H,14,15). The molecule has 1 amide bonds. The first-order valence-corrected chi connectivity index (χ1v) is 6.03. The van der Waals surface area contributed by atoms with Gasteiger partial charge in [0.15, 0.2) is 0 Å². The quantitative estimate of drug-likeness (QED) is 0.680. The maximum atomic E-state index is 11.7. The summed E-state index contributed by atoms with van der Waals surface area (Å²) in [6.45, 7) is 9.01. The Hall–Kier alpha value is -0.570. The molecule has 0 aliphatic rings. The Kier molecular flexibility index (Phi) is 7.39. The summed E-state index contributed by atoms with van der Waals surface area (Å²) in [5, 5.41) is 3.06. The SMILES string of the molecule is CCC(C)C(C)NC(=O)C(C)CCCN. The van der Waals surface area contributed by atoms with Gasteiger partial charge in [-0.1, -0.05) is 27.2 Å². The molecule has 0 aliphatic carbocycles. The van der Waals surface area contributed by atoms with Gasteiger partial charge in [0.05, 0.1) is 0 Å². The van der Waals surface area contributed by atoms with Crippen molar-refractivity contribution in [1.82, 2.24) is 5.32 Å². The molecular weight excluding hydrogens is 188 g/mol. The summed E-state index contributed by atoms with van der Waals surface area (Å²) in [5.74, 6) is 0.784. The first kappa shape index (κ1) is 14.4. The van der Waals surface area contributed by atoms with Crippen LogP contribution in [-0.4, -0.2) is 18.5 Å². The Morgan fingerprint density at radius 2 is 1.93 bits per heavy atom. The molecule has 0 spiro atoms. The Bertz CT molecular complexity index is 182. The van der Waals surface area contributed by atoms with Crippen molar-refractivity contribution in [3.63, 3.8) is 0 Å². The van der Waals surface area contributed by atoms with Crippen molar-refractivity contribution in [2.24, 2.45) is 17.6 Å². The second kappa shape index (κ2) is 7.69. The lowest BCUT2D eigenvalue weighted by Crippen LogP contribution is -2.39. The molecule has 0 fully saturated rings. The maximum Gasteiger partial charge on any atom is 0.223 e. The lowest BCUT2D eigenvalue weighted by atomic mass is 9.99. The minimum Gasteiger partial charge on any atom is -0.353 e. The molecule has 0 aromatic rings. The van der Waals surface area contributed by atoms with Crippen molar-refractivity contribution < 1.29 is 4.79 Å². The van der Waals surface area contributed by atoms with Gasteiger partial charge in [-0.05, 0) is 32.2 Å². The summed E-state index contributed by atoms with van der Waals surface area (Å²) >= 11 is 0. The molecule has 0 heterocycles. The molecule has 0 saturated carbocycles. The molecule has 90 valence electrons. The van der Waals surface area contributed by atoms with Crippen molar-refractivity contribution in [3.05, 3.63) is 0 Å². The minimum absolute atomic E-state index is 0.0834. The fourth-order valence-corrected chi connectivity index (χ4v) is 1.42. The monoisotopic (exact) mass is 214 g/mol. The van der Waals surface area contributed by atoms with E-state index in [9.17, 15) is 4.79 Å². The molecule has 0 aliphatic heterocycles. The Labute approximate surface area is 93.8 Å². The van der Waals surface area contributed by atoms with Gasteiger partial charge in [-0.3, -0.25) is 4.79 Å². The van der Waals surface area contributed by atoms with Gasteiger partial charge in [-0.2, -0.15) is 0 Å². The summed E-state index contributed by atoms with van der Waals surface area (Å²) in [5.41, 5.74) is 5.42. The topological polar surface area (TPSA) is 55.1 Å². The second-order valence-electron chi connectivity index (χ2n) is 4.51. The van der Waals surface area contributed by atoms with Crippen molar-refractivity contribution in [3.8, 4) is 0 Å². The number of rotatable bonds is 7. The van der Waals surface area contributed by atoms with Crippen LogP contribution in [0.2, 0.25) is 0 Å². The fraction of sp³-hybridized carbons (Fsp3) is 0.917. The molecule has 0 aromatic heterocycles. The van der Waals surface area contributed by atoms with E-state index in [0.29, 0.717) is 12.5 Å². The van der Waals surface area contributed by atoms with E-state index in [2.05, 4.69) is 26.1 Å². The zero-order valence-electron chi connectivity index (χ0n) is 10.5. The van der Waals surface area contributed by atoms with Crippen LogP contribution in [0.5, 0.6) is 0 Å². The van der Waals surface area contributed by atoms with E-state index in [-0.39, 0.29) is 17.9 Å². The van der Waals surface area contributed by atoms with Crippen LogP contribution in [0.25, 0.3) is 0 Å². The van der Waals surface area contributed by atoms with Gasteiger partial charge in [0.2, 0.25) is 5.91 Å². The summed E-state index contributed by atoms with van der Waals surface area (Å²) in [7, 11) is 0. The molecule has 15 heavy (non-hydrogen) atoms. The number of carbonyl (C=O) groups is 1. The van der Waals surface area contributed by atoms with Crippen molar-refractivity contribution >= 4 is 5.91 Å². The summed E-state index contributed by atoms with van der Waals surface area (Å²) in [6, 6.07) is 0.267. The van der Waals surface area contributed by atoms with Crippen molar-refractivity contribution in [1.29, 1.82) is 0 Å². The van der Waals surface area contributed by atoms with Gasteiger partial charge in [0, 0.05) is 12.0 Å². The molecule has 3 atom stereocenters. The third kappa shape index (κ3) is 5.78. The Morgan fingerprint density at radius 3 is 2.40 bits per heavy atom.